The van der Waals surface area contributed by atoms with Crippen LogP contribution in [0.3, 0.4) is 0 Å². The summed E-state index contributed by atoms with van der Waals surface area (Å²) in [4.78, 5) is 0. The Bertz CT molecular complexity index is 408. The summed E-state index contributed by atoms with van der Waals surface area (Å²) in [6.07, 6.45) is 4.05. The number of rotatable bonds is 6. The van der Waals surface area contributed by atoms with Crippen LogP contribution in [-0.4, -0.2) is 6.54 Å². The topological polar surface area (TPSA) is 12.0 Å². The van der Waals surface area contributed by atoms with Crippen LogP contribution in [0, 0.1) is 11.8 Å². The average Bonchev–Trinajstić information content (AvgIpc) is 3.23. The predicted octanol–water partition coefficient (Wildman–Crippen LogP) is 5.07. The minimum Gasteiger partial charge on any atom is -0.310 e. The van der Waals surface area contributed by atoms with Crippen molar-refractivity contribution < 1.29 is 0 Å². The summed E-state index contributed by atoms with van der Waals surface area (Å²) < 4.78 is 0. The number of hydrogen-bond acceptors (Lipinski definition) is 1. The Morgan fingerprint density at radius 2 is 1.75 bits per heavy atom. The lowest BCUT2D eigenvalue weighted by Gasteiger charge is -2.27. The number of hydrogen-bond donors (Lipinski definition) is 1. The molecule has 0 spiro atoms. The van der Waals surface area contributed by atoms with Crippen molar-refractivity contribution in [2.45, 2.75) is 65.3 Å². The van der Waals surface area contributed by atoms with Crippen molar-refractivity contribution in [3.05, 3.63) is 35.4 Å². The highest BCUT2D eigenvalue weighted by molar-refractivity contribution is 5.29. The molecule has 0 radical (unpaired) electrons. The van der Waals surface area contributed by atoms with E-state index in [0.29, 0.717) is 6.04 Å². The Hall–Kier alpha value is -0.820. The first-order chi connectivity index (χ1) is 9.43. The van der Waals surface area contributed by atoms with E-state index in [2.05, 4.69) is 64.2 Å². The molecule has 1 aliphatic rings. The maximum atomic E-state index is 3.77. The Kier molecular flexibility index (Phi) is 4.90. The second-order valence-electron chi connectivity index (χ2n) is 7.50. The molecule has 0 amide bonds. The molecule has 1 aromatic rings. The lowest BCUT2D eigenvalue weighted by Crippen LogP contribution is -2.28. The molecule has 20 heavy (non-hydrogen) atoms. The first kappa shape index (κ1) is 15.6. The van der Waals surface area contributed by atoms with Crippen molar-refractivity contribution in [1.29, 1.82) is 0 Å². The normalized spacial score (nSPS) is 18.9. The molecule has 1 saturated carbocycles. The molecule has 1 heteroatoms. The zero-order valence-electron chi connectivity index (χ0n) is 13.9. The number of nitrogens with one attached hydrogen (secondary N) is 1. The summed E-state index contributed by atoms with van der Waals surface area (Å²) in [5, 5.41) is 3.77. The summed E-state index contributed by atoms with van der Waals surface area (Å²) in [5.41, 5.74) is 3.13. The van der Waals surface area contributed by atoms with Gasteiger partial charge in [0.2, 0.25) is 0 Å². The standard InChI is InChI=1S/C19H31N/c1-6-13-20-18(14(2)15-7-8-15)16-9-11-17(12-10-16)19(3,4)5/h9-12,14-15,18,20H,6-8,13H2,1-5H3. The Balaban J connectivity index is 2.15. The van der Waals surface area contributed by atoms with Gasteiger partial charge in [-0.1, -0.05) is 58.9 Å². The van der Waals surface area contributed by atoms with Crippen LogP contribution in [0.2, 0.25) is 0 Å². The van der Waals surface area contributed by atoms with Crippen LogP contribution in [-0.2, 0) is 5.41 Å². The zero-order chi connectivity index (χ0) is 14.8. The molecule has 0 heterocycles. The molecule has 1 N–H and O–H groups in total. The summed E-state index contributed by atoms with van der Waals surface area (Å²) in [5.74, 6) is 1.69. The molecule has 112 valence electrons. The molecule has 0 aromatic heterocycles. The van der Waals surface area contributed by atoms with Gasteiger partial charge in [-0.3, -0.25) is 0 Å². The van der Waals surface area contributed by atoms with Crippen LogP contribution in [0.1, 0.15) is 71.0 Å². The molecule has 0 aliphatic heterocycles. The fourth-order valence-corrected chi connectivity index (χ4v) is 2.99. The molecule has 2 rings (SSSR count). The van der Waals surface area contributed by atoms with Crippen LogP contribution < -0.4 is 5.32 Å². The fraction of sp³-hybridized carbons (Fsp3) is 0.684. The highest BCUT2D eigenvalue weighted by atomic mass is 14.9. The molecule has 2 atom stereocenters. The summed E-state index contributed by atoms with van der Waals surface area (Å²) in [6, 6.07) is 9.83. The van der Waals surface area contributed by atoms with Crippen molar-refractivity contribution >= 4 is 0 Å². The summed E-state index contributed by atoms with van der Waals surface area (Å²) in [6.45, 7) is 12.6. The summed E-state index contributed by atoms with van der Waals surface area (Å²) in [7, 11) is 0. The largest absolute Gasteiger partial charge is 0.310 e. The van der Waals surface area contributed by atoms with E-state index < -0.39 is 0 Å². The van der Waals surface area contributed by atoms with Gasteiger partial charge >= 0.3 is 0 Å². The van der Waals surface area contributed by atoms with Crippen molar-refractivity contribution in [2.75, 3.05) is 6.54 Å². The van der Waals surface area contributed by atoms with Gasteiger partial charge in [0, 0.05) is 6.04 Å². The molecule has 1 aromatic carbocycles. The van der Waals surface area contributed by atoms with Gasteiger partial charge in [0.25, 0.3) is 0 Å². The van der Waals surface area contributed by atoms with E-state index in [9.17, 15) is 0 Å². The Labute approximate surface area is 125 Å². The fourth-order valence-electron chi connectivity index (χ4n) is 2.99. The highest BCUT2D eigenvalue weighted by Gasteiger charge is 2.33. The second-order valence-corrected chi connectivity index (χ2v) is 7.50. The van der Waals surface area contributed by atoms with E-state index in [-0.39, 0.29) is 5.41 Å². The van der Waals surface area contributed by atoms with E-state index in [1.165, 1.54) is 30.4 Å². The van der Waals surface area contributed by atoms with Gasteiger partial charge in [-0.25, -0.2) is 0 Å². The van der Waals surface area contributed by atoms with Crippen LogP contribution in [0.15, 0.2) is 24.3 Å². The van der Waals surface area contributed by atoms with Crippen LogP contribution in [0.5, 0.6) is 0 Å². The van der Waals surface area contributed by atoms with Crippen LogP contribution in [0.25, 0.3) is 0 Å². The van der Waals surface area contributed by atoms with Gasteiger partial charge in [0.1, 0.15) is 0 Å². The first-order valence-corrected chi connectivity index (χ1v) is 8.27. The van der Waals surface area contributed by atoms with Gasteiger partial charge in [-0.05, 0) is 54.2 Å². The minimum absolute atomic E-state index is 0.243. The lowest BCUT2D eigenvalue weighted by atomic mass is 9.84. The van der Waals surface area contributed by atoms with E-state index in [0.717, 1.165) is 18.4 Å². The van der Waals surface area contributed by atoms with Crippen molar-refractivity contribution in [2.24, 2.45) is 11.8 Å². The maximum absolute atomic E-state index is 3.77. The van der Waals surface area contributed by atoms with Gasteiger partial charge in [-0.15, -0.1) is 0 Å². The number of benzene rings is 1. The molecule has 1 fully saturated rings. The highest BCUT2D eigenvalue weighted by Crippen LogP contribution is 2.42. The van der Waals surface area contributed by atoms with Crippen molar-refractivity contribution in [1.82, 2.24) is 5.32 Å². The molecular formula is C19H31N. The third-order valence-electron chi connectivity index (χ3n) is 4.64. The van der Waals surface area contributed by atoms with Crippen molar-refractivity contribution in [3.8, 4) is 0 Å². The third-order valence-corrected chi connectivity index (χ3v) is 4.64. The van der Waals surface area contributed by atoms with Gasteiger partial charge < -0.3 is 5.32 Å². The lowest BCUT2D eigenvalue weighted by molar-refractivity contribution is 0.349. The maximum Gasteiger partial charge on any atom is 0.0348 e. The van der Waals surface area contributed by atoms with E-state index >= 15 is 0 Å². The first-order valence-electron chi connectivity index (χ1n) is 8.27. The molecule has 0 bridgehead atoms. The van der Waals surface area contributed by atoms with E-state index in [1.54, 1.807) is 0 Å². The molecule has 1 nitrogen and oxygen atoms in total. The zero-order valence-corrected chi connectivity index (χ0v) is 13.9. The van der Waals surface area contributed by atoms with Gasteiger partial charge in [-0.2, -0.15) is 0 Å². The quantitative estimate of drug-likeness (QED) is 0.763. The molecule has 2 unspecified atom stereocenters. The second kappa shape index (κ2) is 6.30. The third kappa shape index (κ3) is 3.85. The van der Waals surface area contributed by atoms with Gasteiger partial charge in [0.05, 0.1) is 0 Å². The van der Waals surface area contributed by atoms with Crippen LogP contribution >= 0.6 is 0 Å². The predicted molar refractivity (Wildman–Crippen MR) is 88.1 cm³/mol. The van der Waals surface area contributed by atoms with E-state index in [1.807, 2.05) is 0 Å². The van der Waals surface area contributed by atoms with Crippen molar-refractivity contribution in [3.63, 3.8) is 0 Å². The molecule has 0 saturated heterocycles. The van der Waals surface area contributed by atoms with Crippen LogP contribution in [0.4, 0.5) is 0 Å². The minimum atomic E-state index is 0.243. The van der Waals surface area contributed by atoms with E-state index in [4.69, 9.17) is 0 Å². The molecule has 1 aliphatic carbocycles. The average molecular weight is 273 g/mol. The summed E-state index contributed by atoms with van der Waals surface area (Å²) >= 11 is 0. The smallest absolute Gasteiger partial charge is 0.0348 e. The molecular weight excluding hydrogens is 242 g/mol. The Morgan fingerprint density at radius 3 is 2.20 bits per heavy atom. The SMILES string of the molecule is CCCNC(c1ccc(C(C)(C)C)cc1)C(C)C1CC1. The Morgan fingerprint density at radius 1 is 1.15 bits per heavy atom. The monoisotopic (exact) mass is 273 g/mol. The van der Waals surface area contributed by atoms with Gasteiger partial charge in [0.15, 0.2) is 0 Å².